The number of aryl methyl sites for hydroxylation is 2. The highest BCUT2D eigenvalue weighted by molar-refractivity contribution is 5.40. The lowest BCUT2D eigenvalue weighted by Gasteiger charge is -2.41. The lowest BCUT2D eigenvalue weighted by atomic mass is 9.77. The third-order valence-electron chi connectivity index (χ3n) is 5.05. The standard InChI is InChI=1S/C17H29N5/c1-12-9-17(20-13(2)19-12)22-7-4-15(5-8-22)21-16-10-14(11-16)3-6-18/h9,14-16,21H,3-8,10-11,18H2,1-2H3. The molecule has 1 aromatic rings. The number of aromatic nitrogens is 2. The monoisotopic (exact) mass is 303 g/mol. The van der Waals surface area contributed by atoms with E-state index in [-0.39, 0.29) is 0 Å². The molecule has 2 heterocycles. The van der Waals surface area contributed by atoms with E-state index in [0.717, 1.165) is 48.9 Å². The molecule has 1 aliphatic carbocycles. The van der Waals surface area contributed by atoms with Gasteiger partial charge in [0, 0.05) is 36.9 Å². The zero-order valence-electron chi connectivity index (χ0n) is 13.9. The van der Waals surface area contributed by atoms with Crippen LogP contribution in [0.3, 0.4) is 0 Å². The average Bonchev–Trinajstić information content (AvgIpc) is 2.45. The Morgan fingerprint density at radius 1 is 1.18 bits per heavy atom. The molecule has 0 radical (unpaired) electrons. The van der Waals surface area contributed by atoms with Gasteiger partial charge in [-0.15, -0.1) is 0 Å². The van der Waals surface area contributed by atoms with Crippen molar-refractivity contribution < 1.29 is 0 Å². The molecule has 1 saturated carbocycles. The summed E-state index contributed by atoms with van der Waals surface area (Å²) in [5.74, 6) is 2.83. The summed E-state index contributed by atoms with van der Waals surface area (Å²) >= 11 is 0. The molecule has 122 valence electrons. The molecule has 5 nitrogen and oxygen atoms in total. The second-order valence-electron chi connectivity index (χ2n) is 6.95. The van der Waals surface area contributed by atoms with Crippen molar-refractivity contribution in [3.05, 3.63) is 17.6 Å². The molecule has 0 spiro atoms. The second-order valence-corrected chi connectivity index (χ2v) is 6.95. The quantitative estimate of drug-likeness (QED) is 0.868. The van der Waals surface area contributed by atoms with E-state index in [1.54, 1.807) is 0 Å². The lowest BCUT2D eigenvalue weighted by molar-refractivity contribution is 0.188. The predicted octanol–water partition coefficient (Wildman–Crippen LogP) is 1.78. The summed E-state index contributed by atoms with van der Waals surface area (Å²) in [5.41, 5.74) is 6.68. The van der Waals surface area contributed by atoms with Crippen LogP contribution in [0.1, 0.15) is 43.6 Å². The molecule has 2 aliphatic rings. The maximum atomic E-state index is 5.62. The van der Waals surface area contributed by atoms with Crippen LogP contribution < -0.4 is 16.0 Å². The van der Waals surface area contributed by atoms with Crippen LogP contribution in [0, 0.1) is 19.8 Å². The minimum atomic E-state index is 0.670. The fraction of sp³-hybridized carbons (Fsp3) is 0.765. The van der Waals surface area contributed by atoms with Crippen LogP contribution in [0.2, 0.25) is 0 Å². The minimum Gasteiger partial charge on any atom is -0.356 e. The number of hydrogen-bond acceptors (Lipinski definition) is 5. The average molecular weight is 303 g/mol. The molecule has 0 amide bonds. The molecule has 22 heavy (non-hydrogen) atoms. The van der Waals surface area contributed by atoms with Crippen molar-refractivity contribution in [1.82, 2.24) is 15.3 Å². The van der Waals surface area contributed by atoms with Gasteiger partial charge in [-0.05, 0) is 58.4 Å². The first-order valence-electron chi connectivity index (χ1n) is 8.67. The Hall–Kier alpha value is -1.20. The van der Waals surface area contributed by atoms with Crippen LogP contribution in [0.4, 0.5) is 5.82 Å². The molecule has 0 unspecified atom stereocenters. The van der Waals surface area contributed by atoms with E-state index in [9.17, 15) is 0 Å². The Bertz CT molecular complexity index is 470. The zero-order chi connectivity index (χ0) is 15.5. The van der Waals surface area contributed by atoms with Gasteiger partial charge in [0.25, 0.3) is 0 Å². The summed E-state index contributed by atoms with van der Waals surface area (Å²) in [5, 5.41) is 3.84. The van der Waals surface area contributed by atoms with Crippen molar-refractivity contribution in [3.63, 3.8) is 0 Å². The van der Waals surface area contributed by atoms with Crippen LogP contribution in [0.25, 0.3) is 0 Å². The highest BCUT2D eigenvalue weighted by atomic mass is 15.2. The maximum Gasteiger partial charge on any atom is 0.132 e. The van der Waals surface area contributed by atoms with Crippen molar-refractivity contribution in [2.24, 2.45) is 11.7 Å². The normalized spacial score (nSPS) is 26.0. The van der Waals surface area contributed by atoms with Crippen LogP contribution >= 0.6 is 0 Å². The molecular formula is C17H29N5. The molecule has 3 rings (SSSR count). The molecule has 5 heteroatoms. The van der Waals surface area contributed by atoms with Gasteiger partial charge in [-0.25, -0.2) is 9.97 Å². The Labute approximate surface area is 133 Å². The number of nitrogens with zero attached hydrogens (tertiary/aromatic N) is 3. The summed E-state index contributed by atoms with van der Waals surface area (Å²) in [6.45, 7) is 7.03. The topological polar surface area (TPSA) is 67.1 Å². The largest absolute Gasteiger partial charge is 0.356 e. The van der Waals surface area contributed by atoms with E-state index in [2.05, 4.69) is 26.3 Å². The summed E-state index contributed by atoms with van der Waals surface area (Å²) < 4.78 is 0. The first-order chi connectivity index (χ1) is 10.6. The van der Waals surface area contributed by atoms with Crippen LogP contribution in [0.5, 0.6) is 0 Å². The predicted molar refractivity (Wildman–Crippen MR) is 90.1 cm³/mol. The SMILES string of the molecule is Cc1cc(N2CCC(NC3CC(CCN)C3)CC2)nc(C)n1. The fourth-order valence-electron chi connectivity index (χ4n) is 3.81. The fourth-order valence-corrected chi connectivity index (χ4v) is 3.81. The van der Waals surface area contributed by atoms with Crippen molar-refractivity contribution in [2.75, 3.05) is 24.5 Å². The molecule has 0 atom stereocenters. The Morgan fingerprint density at radius 3 is 2.55 bits per heavy atom. The summed E-state index contributed by atoms with van der Waals surface area (Å²) in [6, 6.07) is 3.50. The van der Waals surface area contributed by atoms with Crippen molar-refractivity contribution in [1.29, 1.82) is 0 Å². The van der Waals surface area contributed by atoms with E-state index >= 15 is 0 Å². The summed E-state index contributed by atoms with van der Waals surface area (Å²) in [4.78, 5) is 11.3. The van der Waals surface area contributed by atoms with E-state index in [1.165, 1.54) is 32.1 Å². The van der Waals surface area contributed by atoms with Gasteiger partial charge in [0.15, 0.2) is 0 Å². The number of nitrogens with two attached hydrogens (primary N) is 1. The summed E-state index contributed by atoms with van der Waals surface area (Å²) in [6.07, 6.45) is 6.26. The molecular weight excluding hydrogens is 274 g/mol. The van der Waals surface area contributed by atoms with E-state index in [4.69, 9.17) is 5.73 Å². The van der Waals surface area contributed by atoms with E-state index in [1.807, 2.05) is 13.8 Å². The zero-order valence-corrected chi connectivity index (χ0v) is 13.9. The first kappa shape index (κ1) is 15.7. The number of piperidine rings is 1. The Balaban J connectivity index is 1.45. The van der Waals surface area contributed by atoms with Gasteiger partial charge in [-0.2, -0.15) is 0 Å². The number of hydrogen-bond donors (Lipinski definition) is 2. The van der Waals surface area contributed by atoms with Gasteiger partial charge >= 0.3 is 0 Å². The molecule has 1 aromatic heterocycles. The third-order valence-corrected chi connectivity index (χ3v) is 5.05. The van der Waals surface area contributed by atoms with Gasteiger partial charge in [-0.1, -0.05) is 0 Å². The van der Waals surface area contributed by atoms with E-state index < -0.39 is 0 Å². The first-order valence-corrected chi connectivity index (χ1v) is 8.67. The van der Waals surface area contributed by atoms with Crippen LogP contribution in [-0.4, -0.2) is 41.7 Å². The van der Waals surface area contributed by atoms with Crippen molar-refractivity contribution >= 4 is 5.82 Å². The van der Waals surface area contributed by atoms with Gasteiger partial charge in [0.1, 0.15) is 11.6 Å². The number of nitrogens with one attached hydrogen (secondary N) is 1. The maximum absolute atomic E-state index is 5.62. The van der Waals surface area contributed by atoms with Crippen LogP contribution in [-0.2, 0) is 0 Å². The molecule has 1 aliphatic heterocycles. The van der Waals surface area contributed by atoms with Crippen LogP contribution in [0.15, 0.2) is 6.07 Å². The number of anilines is 1. The van der Waals surface area contributed by atoms with Gasteiger partial charge in [-0.3, -0.25) is 0 Å². The van der Waals surface area contributed by atoms with Gasteiger partial charge in [0.05, 0.1) is 0 Å². The smallest absolute Gasteiger partial charge is 0.132 e. The minimum absolute atomic E-state index is 0.670. The van der Waals surface area contributed by atoms with Crippen molar-refractivity contribution in [3.8, 4) is 0 Å². The summed E-state index contributed by atoms with van der Waals surface area (Å²) in [7, 11) is 0. The molecule has 1 saturated heterocycles. The highest BCUT2D eigenvalue weighted by Crippen LogP contribution is 2.31. The molecule has 0 aromatic carbocycles. The lowest BCUT2D eigenvalue weighted by Crippen LogP contribution is -2.50. The molecule has 2 fully saturated rings. The van der Waals surface area contributed by atoms with Gasteiger partial charge < -0.3 is 16.0 Å². The molecule has 3 N–H and O–H groups in total. The Morgan fingerprint density at radius 2 is 1.91 bits per heavy atom. The van der Waals surface area contributed by atoms with Crippen molar-refractivity contribution in [2.45, 2.75) is 58.0 Å². The third kappa shape index (κ3) is 3.76. The second kappa shape index (κ2) is 6.92. The van der Waals surface area contributed by atoms with E-state index in [0.29, 0.717) is 6.04 Å². The molecule has 0 bridgehead atoms. The number of rotatable bonds is 5. The Kier molecular flexibility index (Phi) is 4.93. The highest BCUT2D eigenvalue weighted by Gasteiger charge is 2.31. The van der Waals surface area contributed by atoms with Gasteiger partial charge in [0.2, 0.25) is 0 Å².